The summed E-state index contributed by atoms with van der Waals surface area (Å²) in [6, 6.07) is 7.43. The predicted octanol–water partition coefficient (Wildman–Crippen LogP) is 2.80. The van der Waals surface area contributed by atoms with Crippen molar-refractivity contribution in [2.24, 2.45) is 5.73 Å². The normalized spacial score (nSPS) is 14.8. The molecule has 0 spiro atoms. The number of fused-ring (bicyclic) bond motifs is 1. The molecule has 0 fully saturated rings. The number of anilines is 1. The summed E-state index contributed by atoms with van der Waals surface area (Å²) in [4.78, 5) is 24.6. The summed E-state index contributed by atoms with van der Waals surface area (Å²) in [7, 11) is 1.35. The Hall–Kier alpha value is -4.29. The summed E-state index contributed by atoms with van der Waals surface area (Å²) >= 11 is 0. The summed E-state index contributed by atoms with van der Waals surface area (Å²) in [6.45, 7) is -1.46. The van der Waals surface area contributed by atoms with E-state index in [0.29, 0.717) is 16.0 Å². The lowest BCUT2D eigenvalue weighted by molar-refractivity contribution is -0.142. The van der Waals surface area contributed by atoms with Gasteiger partial charge < -0.3 is 26.3 Å². The lowest BCUT2D eigenvalue weighted by atomic mass is 10.0. The number of carbonyl (C=O) groups is 2. The minimum atomic E-state index is -4.62. The van der Waals surface area contributed by atoms with E-state index in [1.807, 2.05) is 0 Å². The van der Waals surface area contributed by atoms with E-state index in [4.69, 9.17) is 20.9 Å². The highest BCUT2D eigenvalue weighted by atomic mass is 19.4. The maximum atomic E-state index is 13.6. The monoisotopic (exact) mass is 493 g/mol. The molecule has 1 aliphatic rings. The molecular weight excluding hydrogens is 474 g/mol. The molecule has 184 valence electrons. The Balaban J connectivity index is 1.63. The summed E-state index contributed by atoms with van der Waals surface area (Å²) in [5, 5.41) is 6.57. The molecule has 1 aromatic heterocycles. The van der Waals surface area contributed by atoms with E-state index in [2.05, 4.69) is 10.4 Å². The van der Waals surface area contributed by atoms with Gasteiger partial charge in [-0.15, -0.1) is 0 Å². The minimum absolute atomic E-state index is 0.00523. The molecule has 35 heavy (non-hydrogen) atoms. The molecule has 9 nitrogen and oxygen atoms in total. The number of benzene rings is 2. The first-order valence-corrected chi connectivity index (χ1v) is 10.1. The molecule has 2 amide bonds. The first kappa shape index (κ1) is 23.9. The first-order valence-electron chi connectivity index (χ1n) is 10.1. The van der Waals surface area contributed by atoms with Gasteiger partial charge in [0.2, 0.25) is 0 Å². The van der Waals surface area contributed by atoms with Crippen molar-refractivity contribution < 1.29 is 36.6 Å². The number of amides is 2. The van der Waals surface area contributed by atoms with Crippen molar-refractivity contribution in [1.29, 1.82) is 0 Å². The van der Waals surface area contributed by atoms with Crippen LogP contribution < -0.4 is 26.3 Å². The average molecular weight is 493 g/mol. The molecule has 0 bridgehead atoms. The third-order valence-corrected chi connectivity index (χ3v) is 5.35. The predicted molar refractivity (Wildman–Crippen MR) is 115 cm³/mol. The van der Waals surface area contributed by atoms with Gasteiger partial charge in [-0.3, -0.25) is 9.59 Å². The Bertz CT molecular complexity index is 1320. The fraction of sp³-hybridized carbons (Fsp3) is 0.227. The van der Waals surface area contributed by atoms with Gasteiger partial charge in [0.25, 0.3) is 11.8 Å². The minimum Gasteiger partial charge on any atom is -0.496 e. The number of halogens is 4. The van der Waals surface area contributed by atoms with E-state index in [0.717, 1.165) is 12.1 Å². The molecular formula is C22H19F4N5O4. The van der Waals surface area contributed by atoms with Crippen LogP contribution in [0.1, 0.15) is 32.3 Å². The van der Waals surface area contributed by atoms with Crippen LogP contribution in [0.15, 0.2) is 36.4 Å². The van der Waals surface area contributed by atoms with Gasteiger partial charge in [-0.05, 0) is 24.3 Å². The van der Waals surface area contributed by atoms with E-state index in [1.165, 1.54) is 25.3 Å². The number of carbonyl (C=O) groups excluding carboxylic acids is 2. The number of hydrogen-bond acceptors (Lipinski definition) is 6. The van der Waals surface area contributed by atoms with E-state index in [9.17, 15) is 27.2 Å². The van der Waals surface area contributed by atoms with Crippen molar-refractivity contribution in [3.63, 3.8) is 0 Å². The molecule has 2 heterocycles. The molecule has 13 heteroatoms. The fourth-order valence-corrected chi connectivity index (χ4v) is 3.78. The molecule has 4 rings (SSSR count). The van der Waals surface area contributed by atoms with Crippen molar-refractivity contribution in [3.05, 3.63) is 58.9 Å². The van der Waals surface area contributed by atoms with Gasteiger partial charge in [0, 0.05) is 11.1 Å². The van der Waals surface area contributed by atoms with Crippen LogP contribution in [0.25, 0.3) is 11.3 Å². The van der Waals surface area contributed by atoms with E-state index in [1.54, 1.807) is 6.07 Å². The van der Waals surface area contributed by atoms with Crippen molar-refractivity contribution >= 4 is 17.6 Å². The standard InChI is InChI=1S/C22H19F4N5O4/c1-34-15-5-3-11(23)7-13(15)21(33)29-14-8-35-16-6-10(2-4-12(14)16)18-17(20(28)32)19(27)31(30-18)9-22(24,25)26/h2-7,14H,8-9,27H2,1H3,(H2,28,32)(H,29,33). The Morgan fingerprint density at radius 1 is 1.26 bits per heavy atom. The van der Waals surface area contributed by atoms with Crippen LogP contribution >= 0.6 is 0 Å². The second-order valence-corrected chi connectivity index (χ2v) is 7.68. The lowest BCUT2D eigenvalue weighted by Gasteiger charge is -2.14. The van der Waals surface area contributed by atoms with Gasteiger partial charge >= 0.3 is 6.18 Å². The van der Waals surface area contributed by atoms with E-state index in [-0.39, 0.29) is 34.7 Å². The smallest absolute Gasteiger partial charge is 0.408 e. The van der Waals surface area contributed by atoms with E-state index >= 15 is 0 Å². The quantitative estimate of drug-likeness (QED) is 0.452. The SMILES string of the molecule is COc1ccc(F)cc1C(=O)NC1COc2cc(-c3nn(CC(F)(F)F)c(N)c3C(N)=O)ccc21. The van der Waals surface area contributed by atoms with Crippen molar-refractivity contribution in [1.82, 2.24) is 15.1 Å². The van der Waals surface area contributed by atoms with E-state index < -0.39 is 42.2 Å². The second kappa shape index (κ2) is 8.81. The molecule has 0 radical (unpaired) electrons. The third kappa shape index (κ3) is 4.69. The molecule has 0 aliphatic carbocycles. The number of nitrogens with two attached hydrogens (primary N) is 2. The number of aromatic nitrogens is 2. The number of primary amides is 1. The zero-order valence-electron chi connectivity index (χ0n) is 18.1. The van der Waals surface area contributed by atoms with Crippen LogP contribution in [0, 0.1) is 5.82 Å². The number of hydrogen-bond donors (Lipinski definition) is 3. The number of ether oxygens (including phenoxy) is 2. The van der Waals surface area contributed by atoms with Crippen LogP contribution in [0.4, 0.5) is 23.4 Å². The number of rotatable bonds is 6. The van der Waals surface area contributed by atoms with Crippen molar-refractivity contribution in [2.75, 3.05) is 19.5 Å². The van der Waals surface area contributed by atoms with Gasteiger partial charge in [0.05, 0.1) is 18.7 Å². The molecule has 1 atom stereocenters. The van der Waals surface area contributed by atoms with Crippen molar-refractivity contribution in [2.45, 2.75) is 18.8 Å². The van der Waals surface area contributed by atoms with Gasteiger partial charge in [0.15, 0.2) is 0 Å². The zero-order chi connectivity index (χ0) is 25.5. The number of nitrogens with zero attached hydrogens (tertiary/aromatic N) is 2. The molecule has 3 aromatic rings. The fourth-order valence-electron chi connectivity index (χ4n) is 3.78. The van der Waals surface area contributed by atoms with Gasteiger partial charge in [-0.25, -0.2) is 9.07 Å². The average Bonchev–Trinajstić information content (AvgIpc) is 3.33. The van der Waals surface area contributed by atoms with Gasteiger partial charge in [-0.2, -0.15) is 18.3 Å². The number of alkyl halides is 3. The van der Waals surface area contributed by atoms with Crippen LogP contribution in [-0.2, 0) is 6.54 Å². The number of methoxy groups -OCH3 is 1. The molecule has 1 unspecified atom stereocenters. The van der Waals surface area contributed by atoms with Crippen LogP contribution in [0.2, 0.25) is 0 Å². The van der Waals surface area contributed by atoms with Crippen LogP contribution in [0.3, 0.4) is 0 Å². The Kier molecular flexibility index (Phi) is 6.01. The third-order valence-electron chi connectivity index (χ3n) is 5.35. The topological polar surface area (TPSA) is 134 Å². The van der Waals surface area contributed by atoms with Gasteiger partial charge in [0.1, 0.15) is 47.5 Å². The Labute approximate surface area is 195 Å². The molecule has 5 N–H and O–H groups in total. The molecule has 0 saturated carbocycles. The first-order chi connectivity index (χ1) is 16.5. The van der Waals surface area contributed by atoms with Crippen LogP contribution in [-0.4, -0.2) is 41.5 Å². The van der Waals surface area contributed by atoms with Crippen molar-refractivity contribution in [3.8, 4) is 22.8 Å². The number of nitrogens with one attached hydrogen (secondary N) is 1. The summed E-state index contributed by atoms with van der Waals surface area (Å²) in [5.74, 6) is -2.27. The number of nitrogen functional groups attached to an aromatic ring is 1. The lowest BCUT2D eigenvalue weighted by Crippen LogP contribution is -2.29. The Morgan fingerprint density at radius 2 is 2.00 bits per heavy atom. The zero-order valence-corrected chi connectivity index (χ0v) is 18.1. The molecule has 0 saturated heterocycles. The van der Waals surface area contributed by atoms with Gasteiger partial charge in [-0.1, -0.05) is 12.1 Å². The molecule has 2 aromatic carbocycles. The summed E-state index contributed by atoms with van der Waals surface area (Å²) < 4.78 is 63.4. The summed E-state index contributed by atoms with van der Waals surface area (Å²) in [5.41, 5.74) is 11.4. The maximum Gasteiger partial charge on any atom is 0.408 e. The van der Waals surface area contributed by atoms with Crippen LogP contribution in [0.5, 0.6) is 11.5 Å². The summed E-state index contributed by atoms with van der Waals surface area (Å²) in [6.07, 6.45) is -4.62. The largest absolute Gasteiger partial charge is 0.496 e. The Morgan fingerprint density at radius 3 is 2.66 bits per heavy atom. The highest BCUT2D eigenvalue weighted by Crippen LogP contribution is 2.38. The second-order valence-electron chi connectivity index (χ2n) is 7.68. The highest BCUT2D eigenvalue weighted by Gasteiger charge is 2.33. The molecule has 1 aliphatic heterocycles. The maximum absolute atomic E-state index is 13.6. The highest BCUT2D eigenvalue weighted by molar-refractivity contribution is 6.03.